The molecule has 5 nitrogen and oxygen atoms in total. The second kappa shape index (κ2) is 8.23. The summed E-state index contributed by atoms with van der Waals surface area (Å²) in [5, 5.41) is 8.35. The first kappa shape index (κ1) is 18.3. The van der Waals surface area contributed by atoms with Gasteiger partial charge in [-0.3, -0.25) is 4.21 Å². The molecular weight excluding hydrogens is 332 g/mol. The van der Waals surface area contributed by atoms with Crippen molar-refractivity contribution in [2.75, 3.05) is 17.3 Å². The highest BCUT2D eigenvalue weighted by molar-refractivity contribution is 7.84. The van der Waals surface area contributed by atoms with Gasteiger partial charge in [-0.25, -0.2) is 9.97 Å². The maximum Gasteiger partial charge on any atom is 0.137 e. The van der Waals surface area contributed by atoms with Gasteiger partial charge in [-0.1, -0.05) is 11.6 Å². The molecule has 2 N–H and O–H groups in total. The SMILES string of the molecule is Cc1ccc2ncnc(NC3CCC(NC(C)C[S@](C)=O)CC3)c2c1. The van der Waals surface area contributed by atoms with Crippen molar-refractivity contribution in [1.82, 2.24) is 15.3 Å². The minimum absolute atomic E-state index is 0.314. The Labute approximate surface area is 152 Å². The summed E-state index contributed by atoms with van der Waals surface area (Å²) >= 11 is 0. The van der Waals surface area contributed by atoms with Crippen molar-refractivity contribution >= 4 is 27.5 Å². The van der Waals surface area contributed by atoms with Crippen LogP contribution in [0.5, 0.6) is 0 Å². The van der Waals surface area contributed by atoms with E-state index >= 15 is 0 Å². The van der Waals surface area contributed by atoms with E-state index in [0.717, 1.165) is 48.2 Å². The van der Waals surface area contributed by atoms with Crippen LogP contribution in [0.1, 0.15) is 38.2 Å². The Bertz CT molecular complexity index is 743. The Morgan fingerprint density at radius 3 is 2.64 bits per heavy atom. The molecule has 136 valence electrons. The van der Waals surface area contributed by atoms with E-state index < -0.39 is 10.8 Å². The first-order chi connectivity index (χ1) is 12.0. The summed E-state index contributed by atoms with van der Waals surface area (Å²) < 4.78 is 11.3. The summed E-state index contributed by atoms with van der Waals surface area (Å²) in [6.07, 6.45) is 7.93. The molecule has 0 bridgehead atoms. The summed E-state index contributed by atoms with van der Waals surface area (Å²) in [5.74, 6) is 1.67. The molecule has 1 aliphatic carbocycles. The molecule has 2 atom stereocenters. The van der Waals surface area contributed by atoms with Crippen LogP contribution in [0.2, 0.25) is 0 Å². The molecule has 0 amide bonds. The van der Waals surface area contributed by atoms with Gasteiger partial charge in [0.15, 0.2) is 0 Å². The zero-order chi connectivity index (χ0) is 17.8. The summed E-state index contributed by atoms with van der Waals surface area (Å²) in [6.45, 7) is 4.22. The molecule has 1 unspecified atom stereocenters. The molecule has 25 heavy (non-hydrogen) atoms. The highest BCUT2D eigenvalue weighted by Gasteiger charge is 2.23. The minimum atomic E-state index is -0.738. The monoisotopic (exact) mass is 360 g/mol. The van der Waals surface area contributed by atoms with Gasteiger partial charge in [-0.2, -0.15) is 0 Å². The van der Waals surface area contributed by atoms with E-state index in [9.17, 15) is 4.21 Å². The number of nitrogens with one attached hydrogen (secondary N) is 2. The topological polar surface area (TPSA) is 66.9 Å². The van der Waals surface area contributed by atoms with E-state index in [0.29, 0.717) is 18.1 Å². The first-order valence-corrected chi connectivity index (χ1v) is 10.8. The van der Waals surface area contributed by atoms with E-state index in [1.165, 1.54) is 5.56 Å². The number of anilines is 1. The van der Waals surface area contributed by atoms with Gasteiger partial charge in [0.2, 0.25) is 0 Å². The Kier molecular flexibility index (Phi) is 6.02. The molecule has 1 saturated carbocycles. The summed E-state index contributed by atoms with van der Waals surface area (Å²) in [7, 11) is -0.738. The van der Waals surface area contributed by atoms with Crippen molar-refractivity contribution in [3.8, 4) is 0 Å². The lowest BCUT2D eigenvalue weighted by atomic mass is 9.90. The summed E-state index contributed by atoms with van der Waals surface area (Å²) in [4.78, 5) is 8.83. The van der Waals surface area contributed by atoms with Crippen LogP contribution in [0.25, 0.3) is 10.9 Å². The molecule has 0 aliphatic heterocycles. The van der Waals surface area contributed by atoms with Gasteiger partial charge in [0, 0.05) is 46.3 Å². The molecule has 1 aromatic heterocycles. The highest BCUT2D eigenvalue weighted by atomic mass is 32.2. The Balaban J connectivity index is 1.58. The molecule has 0 saturated heterocycles. The van der Waals surface area contributed by atoms with Crippen LogP contribution in [-0.2, 0) is 10.8 Å². The molecule has 3 rings (SSSR count). The molecular formula is C19H28N4OS. The number of rotatable bonds is 6. The second-order valence-electron chi connectivity index (χ2n) is 7.24. The van der Waals surface area contributed by atoms with Gasteiger partial charge in [0.1, 0.15) is 12.1 Å². The van der Waals surface area contributed by atoms with Gasteiger partial charge < -0.3 is 10.6 Å². The minimum Gasteiger partial charge on any atom is -0.367 e. The molecule has 1 aromatic carbocycles. The van der Waals surface area contributed by atoms with Crippen molar-refractivity contribution in [3.05, 3.63) is 30.1 Å². The number of hydrogen-bond donors (Lipinski definition) is 2. The van der Waals surface area contributed by atoms with Crippen LogP contribution in [0, 0.1) is 6.92 Å². The fourth-order valence-electron chi connectivity index (χ4n) is 3.69. The summed E-state index contributed by atoms with van der Waals surface area (Å²) in [5.41, 5.74) is 2.21. The highest BCUT2D eigenvalue weighted by Crippen LogP contribution is 2.26. The number of fused-ring (bicyclic) bond motifs is 1. The zero-order valence-corrected chi connectivity index (χ0v) is 16.1. The fourth-order valence-corrected chi connectivity index (χ4v) is 4.49. The van der Waals surface area contributed by atoms with Crippen molar-refractivity contribution in [1.29, 1.82) is 0 Å². The molecule has 1 fully saturated rings. The molecule has 0 spiro atoms. The first-order valence-electron chi connectivity index (χ1n) is 9.05. The van der Waals surface area contributed by atoms with Gasteiger partial charge in [0.25, 0.3) is 0 Å². The van der Waals surface area contributed by atoms with Gasteiger partial charge in [0.05, 0.1) is 5.52 Å². The van der Waals surface area contributed by atoms with Crippen LogP contribution >= 0.6 is 0 Å². The molecule has 2 aromatic rings. The van der Waals surface area contributed by atoms with E-state index in [1.54, 1.807) is 12.6 Å². The third kappa shape index (κ3) is 4.98. The van der Waals surface area contributed by atoms with Crippen LogP contribution in [-0.4, -0.2) is 44.3 Å². The Hall–Kier alpha value is -1.53. The standard InChI is InChI=1S/C19H28N4OS/c1-13-4-9-18-17(10-13)19(21-12-20-18)23-16-7-5-15(6-8-16)22-14(2)11-25(3)24/h4,9-10,12,14-16,22H,5-8,11H2,1-3H3,(H,20,21,23)/t14?,15?,16?,25-/m0/s1. The number of nitrogens with zero attached hydrogens (tertiary/aromatic N) is 2. The molecule has 1 aliphatic rings. The Morgan fingerprint density at radius 1 is 1.20 bits per heavy atom. The Morgan fingerprint density at radius 2 is 1.92 bits per heavy atom. The van der Waals surface area contributed by atoms with Gasteiger partial charge in [-0.05, 0) is 51.7 Å². The fraction of sp³-hybridized carbons (Fsp3) is 0.579. The predicted octanol–water partition coefficient (Wildman–Crippen LogP) is 3.02. The van der Waals surface area contributed by atoms with Crippen molar-refractivity contribution in [2.24, 2.45) is 0 Å². The van der Waals surface area contributed by atoms with Crippen molar-refractivity contribution < 1.29 is 4.21 Å². The van der Waals surface area contributed by atoms with E-state index in [2.05, 4.69) is 52.6 Å². The lowest BCUT2D eigenvalue weighted by molar-refractivity contribution is 0.336. The number of aryl methyl sites for hydroxylation is 1. The van der Waals surface area contributed by atoms with Crippen LogP contribution in [0.3, 0.4) is 0 Å². The summed E-state index contributed by atoms with van der Waals surface area (Å²) in [6, 6.07) is 7.58. The largest absolute Gasteiger partial charge is 0.367 e. The zero-order valence-electron chi connectivity index (χ0n) is 15.3. The smallest absolute Gasteiger partial charge is 0.137 e. The average Bonchev–Trinajstić information content (AvgIpc) is 2.56. The lowest BCUT2D eigenvalue weighted by Gasteiger charge is -2.32. The second-order valence-corrected chi connectivity index (χ2v) is 8.72. The van der Waals surface area contributed by atoms with Crippen molar-refractivity contribution in [3.63, 3.8) is 0 Å². The normalized spacial score (nSPS) is 23.3. The quantitative estimate of drug-likeness (QED) is 0.829. The number of benzene rings is 1. The predicted molar refractivity (Wildman–Crippen MR) is 105 cm³/mol. The molecule has 1 heterocycles. The number of hydrogen-bond acceptors (Lipinski definition) is 5. The third-order valence-corrected chi connectivity index (χ3v) is 5.83. The third-order valence-electron chi connectivity index (χ3n) is 4.86. The van der Waals surface area contributed by atoms with Crippen LogP contribution < -0.4 is 10.6 Å². The molecule has 0 radical (unpaired) electrons. The van der Waals surface area contributed by atoms with Gasteiger partial charge >= 0.3 is 0 Å². The maximum atomic E-state index is 11.3. The lowest BCUT2D eigenvalue weighted by Crippen LogP contribution is -2.43. The van der Waals surface area contributed by atoms with Crippen LogP contribution in [0.15, 0.2) is 24.5 Å². The van der Waals surface area contributed by atoms with E-state index in [-0.39, 0.29) is 0 Å². The van der Waals surface area contributed by atoms with E-state index in [1.807, 2.05) is 0 Å². The molecule has 6 heteroatoms. The van der Waals surface area contributed by atoms with Gasteiger partial charge in [-0.15, -0.1) is 0 Å². The van der Waals surface area contributed by atoms with E-state index in [4.69, 9.17) is 0 Å². The maximum absolute atomic E-state index is 11.3. The average molecular weight is 361 g/mol. The van der Waals surface area contributed by atoms with Crippen molar-refractivity contribution in [2.45, 2.75) is 57.7 Å². The van der Waals surface area contributed by atoms with Crippen LogP contribution in [0.4, 0.5) is 5.82 Å². The number of aromatic nitrogens is 2.